The van der Waals surface area contributed by atoms with Gasteiger partial charge in [-0.25, -0.2) is 9.59 Å². The first-order valence-corrected chi connectivity index (χ1v) is 11.2. The molecule has 0 bridgehead atoms. The molecular weight excluding hydrogens is 406 g/mol. The summed E-state index contributed by atoms with van der Waals surface area (Å²) >= 11 is 0. The molecule has 170 valence electrons. The number of hydrogen-bond donors (Lipinski definition) is 0. The number of rotatable bonds is 4. The van der Waals surface area contributed by atoms with Crippen molar-refractivity contribution in [1.29, 1.82) is 0 Å². The normalized spacial score (nSPS) is 24.3. The van der Waals surface area contributed by atoms with Crippen LogP contribution >= 0.6 is 0 Å². The minimum absolute atomic E-state index is 0.157. The minimum Gasteiger partial charge on any atom is -0.465 e. The predicted octanol–water partition coefficient (Wildman–Crippen LogP) is 5.27. The van der Waals surface area contributed by atoms with Gasteiger partial charge in [0.15, 0.2) is 0 Å². The number of methoxy groups -OCH3 is 1. The van der Waals surface area contributed by atoms with Crippen molar-refractivity contribution in [1.82, 2.24) is 4.90 Å². The second-order valence-corrected chi connectivity index (χ2v) is 9.36. The van der Waals surface area contributed by atoms with Gasteiger partial charge in [-0.3, -0.25) is 0 Å². The first-order valence-electron chi connectivity index (χ1n) is 11.2. The van der Waals surface area contributed by atoms with Crippen LogP contribution in [0.3, 0.4) is 0 Å². The highest BCUT2D eigenvalue weighted by Gasteiger charge is 2.50. The molecule has 6 heteroatoms. The Hall–Kier alpha value is -2.86. The summed E-state index contributed by atoms with van der Waals surface area (Å²) in [7, 11) is 1.37. The van der Waals surface area contributed by atoms with Gasteiger partial charge in [0.25, 0.3) is 0 Å². The SMILES string of the molecule is COC(=O)c1ccc(C2CC3(CCN2C(=O)OCc2ccccc2)CCC(C)(C)O3)cc1. The second-order valence-electron chi connectivity index (χ2n) is 9.36. The Morgan fingerprint density at radius 1 is 1.03 bits per heavy atom. The molecule has 0 aromatic heterocycles. The molecule has 2 aromatic rings. The lowest BCUT2D eigenvalue weighted by molar-refractivity contribution is -0.122. The quantitative estimate of drug-likeness (QED) is 0.610. The van der Waals surface area contributed by atoms with Crippen molar-refractivity contribution in [3.05, 3.63) is 71.3 Å². The number of benzene rings is 2. The van der Waals surface area contributed by atoms with Gasteiger partial charge in [-0.2, -0.15) is 0 Å². The highest BCUT2D eigenvalue weighted by Crippen LogP contribution is 2.48. The van der Waals surface area contributed by atoms with E-state index in [1.54, 1.807) is 17.0 Å². The van der Waals surface area contributed by atoms with Crippen LogP contribution in [0.1, 0.15) is 67.1 Å². The summed E-state index contributed by atoms with van der Waals surface area (Å²) in [5.74, 6) is -0.378. The number of carbonyl (C=O) groups excluding carboxylic acids is 2. The third-order valence-electron chi connectivity index (χ3n) is 6.58. The average Bonchev–Trinajstić information content (AvgIpc) is 3.11. The van der Waals surface area contributed by atoms with Crippen LogP contribution in [0.2, 0.25) is 0 Å². The van der Waals surface area contributed by atoms with Crippen molar-refractivity contribution in [3.8, 4) is 0 Å². The first kappa shape index (κ1) is 22.3. The Morgan fingerprint density at radius 2 is 1.75 bits per heavy atom. The molecule has 0 aliphatic carbocycles. The Morgan fingerprint density at radius 3 is 2.38 bits per heavy atom. The number of carbonyl (C=O) groups is 2. The summed E-state index contributed by atoms with van der Waals surface area (Å²) in [4.78, 5) is 26.7. The molecule has 2 heterocycles. The molecule has 0 saturated carbocycles. The van der Waals surface area contributed by atoms with E-state index in [1.807, 2.05) is 42.5 Å². The number of nitrogens with zero attached hydrogens (tertiary/aromatic N) is 1. The van der Waals surface area contributed by atoms with Gasteiger partial charge in [0.2, 0.25) is 0 Å². The van der Waals surface area contributed by atoms with E-state index in [0.717, 1.165) is 30.4 Å². The van der Waals surface area contributed by atoms with Gasteiger partial charge in [-0.05, 0) is 56.4 Å². The number of esters is 1. The first-order chi connectivity index (χ1) is 15.3. The summed E-state index contributed by atoms with van der Waals surface area (Å²) in [6.07, 6.45) is 3.13. The molecule has 2 saturated heterocycles. The van der Waals surface area contributed by atoms with Gasteiger partial charge in [0.05, 0.1) is 29.9 Å². The molecule has 4 rings (SSSR count). The van der Waals surface area contributed by atoms with Crippen LogP contribution in [-0.2, 0) is 20.8 Å². The van der Waals surface area contributed by atoms with Crippen LogP contribution in [0.4, 0.5) is 4.79 Å². The molecule has 2 aromatic carbocycles. The van der Waals surface area contributed by atoms with Crippen molar-refractivity contribution in [2.45, 2.75) is 63.4 Å². The van der Waals surface area contributed by atoms with Gasteiger partial charge in [-0.1, -0.05) is 42.5 Å². The molecule has 0 radical (unpaired) electrons. The van der Waals surface area contributed by atoms with Crippen molar-refractivity contribution in [2.24, 2.45) is 0 Å². The molecule has 1 spiro atoms. The van der Waals surface area contributed by atoms with Crippen LogP contribution < -0.4 is 0 Å². The van der Waals surface area contributed by atoms with Crippen LogP contribution in [0.25, 0.3) is 0 Å². The molecule has 2 aliphatic rings. The number of piperidine rings is 1. The third-order valence-corrected chi connectivity index (χ3v) is 6.58. The Balaban J connectivity index is 1.55. The van der Waals surface area contributed by atoms with Crippen LogP contribution in [0.15, 0.2) is 54.6 Å². The van der Waals surface area contributed by atoms with E-state index in [1.165, 1.54) is 7.11 Å². The van der Waals surface area contributed by atoms with Gasteiger partial charge in [-0.15, -0.1) is 0 Å². The van der Waals surface area contributed by atoms with Crippen LogP contribution in [0.5, 0.6) is 0 Å². The zero-order valence-corrected chi connectivity index (χ0v) is 19.0. The number of hydrogen-bond acceptors (Lipinski definition) is 5. The minimum atomic E-state index is -0.378. The summed E-state index contributed by atoms with van der Waals surface area (Å²) in [6, 6.07) is 16.8. The summed E-state index contributed by atoms with van der Waals surface area (Å²) in [5, 5.41) is 0. The molecule has 32 heavy (non-hydrogen) atoms. The lowest BCUT2D eigenvalue weighted by Gasteiger charge is -2.45. The van der Waals surface area contributed by atoms with Crippen LogP contribution in [0, 0.1) is 0 Å². The zero-order chi connectivity index (χ0) is 22.8. The van der Waals surface area contributed by atoms with E-state index in [9.17, 15) is 9.59 Å². The highest BCUT2D eigenvalue weighted by molar-refractivity contribution is 5.89. The van der Waals surface area contributed by atoms with E-state index in [-0.39, 0.29) is 35.9 Å². The predicted molar refractivity (Wildman–Crippen MR) is 120 cm³/mol. The van der Waals surface area contributed by atoms with Gasteiger partial charge >= 0.3 is 12.1 Å². The highest BCUT2D eigenvalue weighted by atomic mass is 16.6. The van der Waals surface area contributed by atoms with Gasteiger partial charge in [0, 0.05) is 13.0 Å². The molecule has 2 aliphatic heterocycles. The molecule has 2 fully saturated rings. The Bertz CT molecular complexity index is 956. The topological polar surface area (TPSA) is 65.1 Å². The number of likely N-dealkylation sites (tertiary alicyclic amines) is 1. The molecule has 6 nitrogen and oxygen atoms in total. The maximum absolute atomic E-state index is 13.1. The number of amides is 1. The molecule has 1 amide bonds. The lowest BCUT2D eigenvalue weighted by atomic mass is 9.81. The van der Waals surface area contributed by atoms with Crippen LogP contribution in [-0.4, -0.2) is 41.8 Å². The van der Waals surface area contributed by atoms with E-state index in [0.29, 0.717) is 18.5 Å². The largest absolute Gasteiger partial charge is 0.465 e. The maximum atomic E-state index is 13.1. The zero-order valence-electron chi connectivity index (χ0n) is 19.0. The van der Waals surface area contributed by atoms with Crippen molar-refractivity contribution >= 4 is 12.1 Å². The lowest BCUT2D eigenvalue weighted by Crippen LogP contribution is -2.49. The molecule has 2 unspecified atom stereocenters. The van der Waals surface area contributed by atoms with Crippen molar-refractivity contribution in [3.63, 3.8) is 0 Å². The third kappa shape index (κ3) is 4.80. The Labute approximate surface area is 189 Å². The van der Waals surface area contributed by atoms with E-state index < -0.39 is 0 Å². The standard InChI is InChI=1S/C26H31NO5/c1-25(2)13-14-26(32-25)15-16-27(24(29)31-18-19-7-5-4-6-8-19)22(17-26)20-9-11-21(12-10-20)23(28)30-3/h4-12,22H,13-18H2,1-3H3. The van der Waals surface area contributed by atoms with E-state index in [2.05, 4.69) is 13.8 Å². The fourth-order valence-corrected chi connectivity index (χ4v) is 4.86. The fourth-order valence-electron chi connectivity index (χ4n) is 4.86. The van der Waals surface area contributed by atoms with Gasteiger partial charge < -0.3 is 19.1 Å². The van der Waals surface area contributed by atoms with E-state index in [4.69, 9.17) is 14.2 Å². The molecular formula is C26H31NO5. The fraction of sp³-hybridized carbons (Fsp3) is 0.462. The van der Waals surface area contributed by atoms with Crippen molar-refractivity contribution in [2.75, 3.05) is 13.7 Å². The monoisotopic (exact) mass is 437 g/mol. The Kier molecular flexibility index (Phi) is 6.24. The number of ether oxygens (including phenoxy) is 3. The average molecular weight is 438 g/mol. The smallest absolute Gasteiger partial charge is 0.410 e. The molecule has 2 atom stereocenters. The molecule has 0 N–H and O–H groups in total. The van der Waals surface area contributed by atoms with E-state index >= 15 is 0 Å². The van der Waals surface area contributed by atoms with Crippen molar-refractivity contribution < 1.29 is 23.8 Å². The summed E-state index contributed by atoms with van der Waals surface area (Å²) in [5.41, 5.74) is 2.00. The van der Waals surface area contributed by atoms with Gasteiger partial charge in [0.1, 0.15) is 6.61 Å². The maximum Gasteiger partial charge on any atom is 0.410 e. The summed E-state index contributed by atoms with van der Waals surface area (Å²) < 4.78 is 17.0. The second kappa shape index (κ2) is 8.94. The summed E-state index contributed by atoms with van der Waals surface area (Å²) in [6.45, 7) is 5.05.